The third kappa shape index (κ3) is 2.70. The van der Waals surface area contributed by atoms with Crippen LogP contribution in [0.4, 0.5) is 4.39 Å². The molecule has 1 aromatic rings. The standard InChI is InChI=1S/C14H18FNO2/c1-16-7-3-4-11(9-16)14(17)10-5-6-13(18-2)12(15)8-10/h5-6,8,11H,3-4,7,9H2,1-2H3. The van der Waals surface area contributed by atoms with E-state index in [1.54, 1.807) is 6.07 Å². The van der Waals surface area contributed by atoms with Gasteiger partial charge in [-0.3, -0.25) is 4.79 Å². The van der Waals surface area contributed by atoms with Gasteiger partial charge >= 0.3 is 0 Å². The van der Waals surface area contributed by atoms with Crippen LogP contribution in [-0.4, -0.2) is 37.9 Å². The van der Waals surface area contributed by atoms with Gasteiger partial charge < -0.3 is 9.64 Å². The van der Waals surface area contributed by atoms with Crippen LogP contribution >= 0.6 is 0 Å². The summed E-state index contributed by atoms with van der Waals surface area (Å²) < 4.78 is 18.4. The molecule has 1 heterocycles. The highest BCUT2D eigenvalue weighted by Gasteiger charge is 2.25. The average molecular weight is 251 g/mol. The van der Waals surface area contributed by atoms with Crippen molar-refractivity contribution in [1.82, 2.24) is 4.90 Å². The quantitative estimate of drug-likeness (QED) is 0.772. The van der Waals surface area contributed by atoms with E-state index >= 15 is 0 Å². The first-order valence-electron chi connectivity index (χ1n) is 6.18. The van der Waals surface area contributed by atoms with Gasteiger partial charge in [0, 0.05) is 18.0 Å². The monoisotopic (exact) mass is 251 g/mol. The molecule has 1 aliphatic rings. The number of hydrogen-bond donors (Lipinski definition) is 0. The number of rotatable bonds is 3. The Morgan fingerprint density at radius 3 is 2.89 bits per heavy atom. The molecule has 1 saturated heterocycles. The fraction of sp³-hybridized carbons (Fsp3) is 0.500. The molecule has 0 bridgehead atoms. The molecule has 0 radical (unpaired) electrons. The highest BCUT2D eigenvalue weighted by atomic mass is 19.1. The second-order valence-electron chi connectivity index (χ2n) is 4.81. The van der Waals surface area contributed by atoms with Crippen LogP contribution in [0.1, 0.15) is 23.2 Å². The molecule has 98 valence electrons. The first kappa shape index (κ1) is 13.0. The molecule has 1 aliphatic heterocycles. The highest BCUT2D eigenvalue weighted by Crippen LogP contribution is 2.23. The topological polar surface area (TPSA) is 29.5 Å². The molecule has 1 aromatic carbocycles. The summed E-state index contributed by atoms with van der Waals surface area (Å²) in [5, 5.41) is 0. The number of methoxy groups -OCH3 is 1. The zero-order valence-corrected chi connectivity index (χ0v) is 10.8. The van der Waals surface area contributed by atoms with Crippen LogP contribution in [0.25, 0.3) is 0 Å². The minimum Gasteiger partial charge on any atom is -0.494 e. The Balaban J connectivity index is 2.15. The maximum Gasteiger partial charge on any atom is 0.167 e. The number of benzene rings is 1. The van der Waals surface area contributed by atoms with Gasteiger partial charge in [0.1, 0.15) is 0 Å². The summed E-state index contributed by atoms with van der Waals surface area (Å²) in [6.07, 6.45) is 1.91. The van der Waals surface area contributed by atoms with Crippen molar-refractivity contribution in [3.05, 3.63) is 29.6 Å². The molecule has 0 N–H and O–H groups in total. The van der Waals surface area contributed by atoms with Crippen LogP contribution in [0.3, 0.4) is 0 Å². The molecular formula is C14H18FNO2. The number of Topliss-reactive ketones (excluding diaryl/α,β-unsaturated/α-hetero) is 1. The van der Waals surface area contributed by atoms with Crippen molar-refractivity contribution in [2.24, 2.45) is 5.92 Å². The summed E-state index contributed by atoms with van der Waals surface area (Å²) in [5.41, 5.74) is 0.439. The molecule has 0 amide bonds. The predicted molar refractivity (Wildman–Crippen MR) is 67.5 cm³/mol. The Bertz CT molecular complexity index is 447. The van der Waals surface area contributed by atoms with E-state index in [9.17, 15) is 9.18 Å². The van der Waals surface area contributed by atoms with Gasteiger partial charge in [-0.25, -0.2) is 4.39 Å². The van der Waals surface area contributed by atoms with Crippen molar-refractivity contribution in [2.75, 3.05) is 27.2 Å². The van der Waals surface area contributed by atoms with Crippen LogP contribution < -0.4 is 4.74 Å². The summed E-state index contributed by atoms with van der Waals surface area (Å²) >= 11 is 0. The van der Waals surface area contributed by atoms with Gasteiger partial charge in [0.25, 0.3) is 0 Å². The van der Waals surface area contributed by atoms with Crippen LogP contribution in [0, 0.1) is 11.7 Å². The Hall–Kier alpha value is -1.42. The molecule has 1 fully saturated rings. The summed E-state index contributed by atoms with van der Waals surface area (Å²) in [4.78, 5) is 14.4. The van der Waals surface area contributed by atoms with E-state index in [2.05, 4.69) is 4.90 Å². The molecule has 0 aliphatic carbocycles. The smallest absolute Gasteiger partial charge is 0.167 e. The van der Waals surface area contributed by atoms with Gasteiger partial charge in [0.2, 0.25) is 0 Å². The molecule has 2 rings (SSSR count). The molecular weight excluding hydrogens is 233 g/mol. The van der Waals surface area contributed by atoms with E-state index in [0.29, 0.717) is 5.56 Å². The molecule has 1 unspecified atom stereocenters. The Labute approximate surface area is 107 Å². The zero-order chi connectivity index (χ0) is 13.1. The number of halogens is 1. The number of ether oxygens (including phenoxy) is 1. The number of nitrogens with zero attached hydrogens (tertiary/aromatic N) is 1. The zero-order valence-electron chi connectivity index (χ0n) is 10.8. The van der Waals surface area contributed by atoms with Crippen molar-refractivity contribution in [1.29, 1.82) is 0 Å². The van der Waals surface area contributed by atoms with Gasteiger partial charge in [-0.2, -0.15) is 0 Å². The van der Waals surface area contributed by atoms with E-state index in [1.165, 1.54) is 19.2 Å². The van der Waals surface area contributed by atoms with Crippen molar-refractivity contribution >= 4 is 5.78 Å². The summed E-state index contributed by atoms with van der Waals surface area (Å²) in [6, 6.07) is 4.42. The molecule has 0 aromatic heterocycles. The molecule has 4 heteroatoms. The van der Waals surface area contributed by atoms with Crippen LogP contribution in [0.2, 0.25) is 0 Å². The SMILES string of the molecule is COc1ccc(C(=O)C2CCCN(C)C2)cc1F. The van der Waals surface area contributed by atoms with Crippen molar-refractivity contribution in [3.8, 4) is 5.75 Å². The number of likely N-dealkylation sites (tertiary alicyclic amines) is 1. The lowest BCUT2D eigenvalue weighted by atomic mass is 9.90. The summed E-state index contributed by atoms with van der Waals surface area (Å²) in [5.74, 6) is -0.292. The largest absolute Gasteiger partial charge is 0.494 e. The molecule has 0 spiro atoms. The minimum absolute atomic E-state index is 0.0171. The number of ketones is 1. The van der Waals surface area contributed by atoms with Crippen molar-refractivity contribution < 1.29 is 13.9 Å². The summed E-state index contributed by atoms with van der Waals surface area (Å²) in [6.45, 7) is 1.78. The Kier molecular flexibility index (Phi) is 3.97. The van der Waals surface area contributed by atoms with Crippen molar-refractivity contribution in [3.63, 3.8) is 0 Å². The van der Waals surface area contributed by atoms with Crippen LogP contribution in [0.15, 0.2) is 18.2 Å². The molecule has 3 nitrogen and oxygen atoms in total. The van der Waals surface area contributed by atoms with Crippen LogP contribution in [0.5, 0.6) is 5.75 Å². The number of piperidine rings is 1. The number of carbonyl (C=O) groups excluding carboxylic acids is 1. The van der Waals surface area contributed by atoms with Gasteiger partial charge in [-0.05, 0) is 44.6 Å². The summed E-state index contributed by atoms with van der Waals surface area (Å²) in [7, 11) is 3.42. The highest BCUT2D eigenvalue weighted by molar-refractivity contribution is 5.98. The average Bonchev–Trinajstić information content (AvgIpc) is 2.37. The molecule has 0 saturated carbocycles. The lowest BCUT2D eigenvalue weighted by Crippen LogP contribution is -2.36. The van der Waals surface area contributed by atoms with E-state index in [0.717, 1.165) is 25.9 Å². The number of carbonyl (C=O) groups is 1. The predicted octanol–water partition coefficient (Wildman–Crippen LogP) is 2.36. The van der Waals surface area contributed by atoms with Gasteiger partial charge in [0.05, 0.1) is 7.11 Å². The second-order valence-corrected chi connectivity index (χ2v) is 4.81. The van der Waals surface area contributed by atoms with Crippen molar-refractivity contribution in [2.45, 2.75) is 12.8 Å². The first-order valence-corrected chi connectivity index (χ1v) is 6.18. The van der Waals surface area contributed by atoms with E-state index in [1.807, 2.05) is 7.05 Å². The Morgan fingerprint density at radius 1 is 1.50 bits per heavy atom. The lowest BCUT2D eigenvalue weighted by molar-refractivity contribution is 0.0842. The molecule has 18 heavy (non-hydrogen) atoms. The fourth-order valence-corrected chi connectivity index (χ4v) is 2.44. The van der Waals surface area contributed by atoms with E-state index in [4.69, 9.17) is 4.74 Å². The third-order valence-corrected chi connectivity index (χ3v) is 3.43. The van der Waals surface area contributed by atoms with Gasteiger partial charge in [0.15, 0.2) is 17.3 Å². The Morgan fingerprint density at radius 2 is 2.28 bits per heavy atom. The van der Waals surface area contributed by atoms with E-state index < -0.39 is 5.82 Å². The normalized spacial score (nSPS) is 20.7. The first-order chi connectivity index (χ1) is 8.61. The molecule has 1 atom stereocenters. The van der Waals surface area contributed by atoms with Gasteiger partial charge in [-0.1, -0.05) is 0 Å². The second kappa shape index (κ2) is 5.48. The minimum atomic E-state index is -0.479. The number of hydrogen-bond acceptors (Lipinski definition) is 3. The maximum atomic E-state index is 13.6. The lowest BCUT2D eigenvalue weighted by Gasteiger charge is -2.28. The third-order valence-electron chi connectivity index (χ3n) is 3.43. The van der Waals surface area contributed by atoms with Gasteiger partial charge in [-0.15, -0.1) is 0 Å². The fourth-order valence-electron chi connectivity index (χ4n) is 2.44. The van der Waals surface area contributed by atoms with Crippen LogP contribution in [-0.2, 0) is 0 Å². The maximum absolute atomic E-state index is 13.6. The van der Waals surface area contributed by atoms with E-state index in [-0.39, 0.29) is 17.5 Å².